The van der Waals surface area contributed by atoms with Crippen LogP contribution in [-0.4, -0.2) is 35.3 Å². The van der Waals surface area contributed by atoms with E-state index in [-0.39, 0.29) is 42.1 Å². The van der Waals surface area contributed by atoms with Gasteiger partial charge in [-0.05, 0) is 29.3 Å². The lowest BCUT2D eigenvalue weighted by molar-refractivity contribution is 0.0698. The van der Waals surface area contributed by atoms with Gasteiger partial charge in [0.2, 0.25) is 5.43 Å². The molecule has 200 valence electrons. The van der Waals surface area contributed by atoms with E-state index >= 15 is 0 Å². The molecule has 4 aromatic rings. The van der Waals surface area contributed by atoms with E-state index in [1.807, 2.05) is 84.9 Å². The fourth-order valence-corrected chi connectivity index (χ4v) is 5.61. The summed E-state index contributed by atoms with van der Waals surface area (Å²) < 4.78 is 20.4. The second-order valence-electron chi connectivity index (χ2n) is 9.93. The van der Waals surface area contributed by atoms with Crippen molar-refractivity contribution in [3.05, 3.63) is 135 Å². The number of fused-ring (bicyclic) bond motifs is 7. The highest BCUT2D eigenvalue weighted by molar-refractivity contribution is 5.96. The Morgan fingerprint density at radius 3 is 2.58 bits per heavy atom. The van der Waals surface area contributed by atoms with Crippen LogP contribution in [0.4, 0.5) is 0 Å². The second-order valence-corrected chi connectivity index (χ2v) is 9.93. The maximum Gasteiger partial charge on any atom is 0.278 e. The van der Waals surface area contributed by atoms with E-state index in [0.717, 1.165) is 33.8 Å². The third-order valence-corrected chi connectivity index (χ3v) is 7.50. The van der Waals surface area contributed by atoms with Gasteiger partial charge < -0.3 is 19.1 Å². The molecule has 1 atom stereocenters. The van der Waals surface area contributed by atoms with E-state index in [1.165, 1.54) is 6.07 Å². The summed E-state index contributed by atoms with van der Waals surface area (Å²) in [7, 11) is 0. The molecule has 0 fully saturated rings. The average Bonchev–Trinajstić information content (AvgIpc) is 3.17. The Bertz CT molecular complexity index is 1680. The summed E-state index contributed by atoms with van der Waals surface area (Å²) in [4.78, 5) is 28.9. The molecule has 0 saturated carbocycles. The molecule has 0 saturated heterocycles. The first-order valence-electron chi connectivity index (χ1n) is 13.3. The van der Waals surface area contributed by atoms with Crippen molar-refractivity contribution in [3.8, 4) is 17.2 Å². The van der Waals surface area contributed by atoms with Crippen LogP contribution in [0.3, 0.4) is 0 Å². The van der Waals surface area contributed by atoms with Gasteiger partial charge in [-0.15, -0.1) is 0 Å². The number of benzene rings is 3. The molecule has 3 aromatic carbocycles. The summed E-state index contributed by atoms with van der Waals surface area (Å²) in [6, 6.07) is 24.6. The van der Waals surface area contributed by atoms with Gasteiger partial charge >= 0.3 is 0 Å². The van der Waals surface area contributed by atoms with Crippen LogP contribution in [0.1, 0.15) is 38.8 Å². The third-order valence-electron chi connectivity index (χ3n) is 7.50. The highest BCUT2D eigenvalue weighted by atomic mass is 16.5. The molecule has 0 radical (unpaired) electrons. The summed E-state index contributed by atoms with van der Waals surface area (Å²) in [6.07, 6.45) is 5.50. The van der Waals surface area contributed by atoms with Crippen molar-refractivity contribution in [3.63, 3.8) is 0 Å². The molecule has 8 heteroatoms. The van der Waals surface area contributed by atoms with Crippen molar-refractivity contribution >= 4 is 5.91 Å². The Morgan fingerprint density at radius 2 is 1.68 bits per heavy atom. The quantitative estimate of drug-likeness (QED) is 0.364. The monoisotopic (exact) mass is 533 g/mol. The Hall–Kier alpha value is -4.98. The molecule has 2 bridgehead atoms. The van der Waals surface area contributed by atoms with Crippen LogP contribution >= 0.6 is 0 Å². The van der Waals surface area contributed by atoms with Gasteiger partial charge in [0.15, 0.2) is 11.4 Å². The molecule has 0 unspecified atom stereocenters. The molecular weight excluding hydrogens is 506 g/mol. The maximum absolute atomic E-state index is 14.0. The molecule has 3 aliphatic heterocycles. The summed E-state index contributed by atoms with van der Waals surface area (Å²) in [6.45, 7) is 1.55. The summed E-state index contributed by atoms with van der Waals surface area (Å²) in [5, 5.41) is 2.09. The van der Waals surface area contributed by atoms with Crippen molar-refractivity contribution in [2.75, 3.05) is 24.8 Å². The molecule has 0 N–H and O–H groups in total. The number of hydrogen-bond acceptors (Lipinski definition) is 6. The molecule has 0 aliphatic carbocycles. The zero-order chi connectivity index (χ0) is 27.1. The topological polar surface area (TPSA) is 73.2 Å². The minimum Gasteiger partial charge on any atom is -0.489 e. The number of amides is 1. The van der Waals surface area contributed by atoms with Crippen LogP contribution in [0.15, 0.2) is 102 Å². The van der Waals surface area contributed by atoms with Crippen molar-refractivity contribution in [2.45, 2.75) is 19.3 Å². The van der Waals surface area contributed by atoms with E-state index in [2.05, 4.69) is 5.01 Å². The molecule has 1 amide bonds. The zero-order valence-corrected chi connectivity index (χ0v) is 21.7. The van der Waals surface area contributed by atoms with Crippen LogP contribution in [0.2, 0.25) is 0 Å². The Balaban J connectivity index is 1.45. The van der Waals surface area contributed by atoms with Gasteiger partial charge in [-0.2, -0.15) is 0 Å². The molecular formula is C32H27N3O5. The van der Waals surface area contributed by atoms with E-state index in [0.29, 0.717) is 19.8 Å². The standard InChI is InChI=1S/C32H27N3O5/c36-25-15-17-34-30(31(25)40-19-22-9-2-1-3-10-22)32(37)33-16-6-7-18-38-27-14-8-11-23-20-39-26-13-5-4-12-24(26)29(28(23)27)35(34)21-33/h1-15,17,29H,16,18-21H2/b7-6-/t29-/m1/s1. The number of pyridine rings is 1. The maximum atomic E-state index is 14.0. The van der Waals surface area contributed by atoms with Crippen molar-refractivity contribution in [2.24, 2.45) is 0 Å². The number of nitrogens with zero attached hydrogens (tertiary/aromatic N) is 3. The van der Waals surface area contributed by atoms with E-state index < -0.39 is 0 Å². The van der Waals surface area contributed by atoms with Gasteiger partial charge in [0.1, 0.15) is 44.0 Å². The first-order chi connectivity index (χ1) is 19.7. The second kappa shape index (κ2) is 9.96. The lowest BCUT2D eigenvalue weighted by Gasteiger charge is -2.44. The van der Waals surface area contributed by atoms with Gasteiger partial charge in [0.25, 0.3) is 5.91 Å². The van der Waals surface area contributed by atoms with Crippen LogP contribution < -0.4 is 24.6 Å². The number of aromatic nitrogens is 1. The van der Waals surface area contributed by atoms with Gasteiger partial charge in [0, 0.05) is 29.9 Å². The lowest BCUT2D eigenvalue weighted by atomic mass is 9.93. The number of ether oxygens (including phenoxy) is 3. The van der Waals surface area contributed by atoms with E-state index in [9.17, 15) is 9.59 Å². The minimum atomic E-state index is -0.373. The average molecular weight is 534 g/mol. The van der Waals surface area contributed by atoms with Crippen molar-refractivity contribution < 1.29 is 19.0 Å². The summed E-state index contributed by atoms with van der Waals surface area (Å²) >= 11 is 0. The predicted octanol–water partition coefficient (Wildman–Crippen LogP) is 4.41. The SMILES string of the molecule is O=C1c2c(OCc3ccccc3)c(=O)ccn2N2CN1C/C=C\COc1cccc3c1[C@H]2c1ccccc1OC3. The van der Waals surface area contributed by atoms with Crippen molar-refractivity contribution in [1.82, 2.24) is 9.58 Å². The minimum absolute atomic E-state index is 0.0350. The Labute approximate surface area is 231 Å². The predicted molar refractivity (Wildman–Crippen MR) is 149 cm³/mol. The summed E-state index contributed by atoms with van der Waals surface area (Å²) in [5.41, 5.74) is 3.66. The van der Waals surface area contributed by atoms with Crippen molar-refractivity contribution in [1.29, 1.82) is 0 Å². The van der Waals surface area contributed by atoms with Gasteiger partial charge in [0.05, 0.1) is 0 Å². The van der Waals surface area contributed by atoms with Gasteiger partial charge in [-0.3, -0.25) is 19.3 Å². The zero-order valence-electron chi connectivity index (χ0n) is 21.7. The highest BCUT2D eigenvalue weighted by Crippen LogP contribution is 2.44. The number of para-hydroxylation sites is 1. The fraction of sp³-hybridized carbons (Fsp3) is 0.188. The summed E-state index contributed by atoms with van der Waals surface area (Å²) in [5.74, 6) is 1.27. The molecule has 3 aliphatic rings. The third kappa shape index (κ3) is 4.09. The smallest absolute Gasteiger partial charge is 0.278 e. The molecule has 7 rings (SSSR count). The van der Waals surface area contributed by atoms with E-state index in [4.69, 9.17) is 14.2 Å². The number of carbonyl (C=O) groups is 1. The van der Waals surface area contributed by atoms with Gasteiger partial charge in [-0.25, -0.2) is 0 Å². The molecule has 40 heavy (non-hydrogen) atoms. The first-order valence-corrected chi connectivity index (χ1v) is 13.3. The van der Waals surface area contributed by atoms with E-state index in [1.54, 1.807) is 15.8 Å². The van der Waals surface area contributed by atoms with Crippen LogP contribution in [0, 0.1) is 0 Å². The number of rotatable bonds is 3. The molecule has 8 nitrogen and oxygen atoms in total. The molecule has 1 aromatic heterocycles. The van der Waals surface area contributed by atoms with Gasteiger partial charge in [-0.1, -0.05) is 66.7 Å². The molecule has 4 heterocycles. The number of carbonyl (C=O) groups excluding carboxylic acids is 1. The van der Waals surface area contributed by atoms with Crippen LogP contribution in [0.5, 0.6) is 17.2 Å². The normalized spacial score (nSPS) is 18.1. The molecule has 0 spiro atoms. The first kappa shape index (κ1) is 24.1. The lowest BCUT2D eigenvalue weighted by Crippen LogP contribution is -2.55. The Morgan fingerprint density at radius 1 is 0.850 bits per heavy atom. The fourth-order valence-electron chi connectivity index (χ4n) is 5.61. The van der Waals surface area contributed by atoms with Crippen LogP contribution in [0.25, 0.3) is 0 Å². The highest BCUT2D eigenvalue weighted by Gasteiger charge is 2.40. The number of hydrogen-bond donors (Lipinski definition) is 0. The largest absolute Gasteiger partial charge is 0.489 e. The Kier molecular flexibility index (Phi) is 6.00. The van der Waals surface area contributed by atoms with Crippen LogP contribution in [-0.2, 0) is 13.2 Å².